The Labute approximate surface area is 151 Å². The van der Waals surface area contributed by atoms with Gasteiger partial charge in [-0.3, -0.25) is 0 Å². The van der Waals surface area contributed by atoms with Crippen LogP contribution in [0.4, 0.5) is 4.39 Å². The van der Waals surface area contributed by atoms with Gasteiger partial charge in [0, 0.05) is 25.2 Å². The molecule has 1 atom stereocenters. The van der Waals surface area contributed by atoms with Gasteiger partial charge in [0.2, 0.25) is 10.0 Å². The van der Waals surface area contributed by atoms with Gasteiger partial charge in [0.25, 0.3) is 0 Å². The molecule has 1 aliphatic heterocycles. The number of nitrogens with one attached hydrogen (secondary N) is 1. The number of benzene rings is 2. The molecule has 8 heteroatoms. The molecule has 0 radical (unpaired) electrons. The van der Waals surface area contributed by atoms with Crippen LogP contribution in [0.15, 0.2) is 47.4 Å². The van der Waals surface area contributed by atoms with Crippen molar-refractivity contribution in [3.05, 3.63) is 58.9 Å². The molecule has 1 aliphatic rings. The zero-order chi connectivity index (χ0) is 18.0. The molecule has 0 spiro atoms. The summed E-state index contributed by atoms with van der Waals surface area (Å²) in [5, 5.41) is 2.97. The summed E-state index contributed by atoms with van der Waals surface area (Å²) in [6, 6.07) is 10.7. The van der Waals surface area contributed by atoms with Gasteiger partial charge in [0.1, 0.15) is 10.6 Å². The summed E-state index contributed by atoms with van der Waals surface area (Å²) in [5.41, 5.74) is 0.725. The summed E-state index contributed by atoms with van der Waals surface area (Å²) in [5.74, 6) is -0.343. The number of piperazine rings is 1. The van der Waals surface area contributed by atoms with Gasteiger partial charge in [0.15, 0.2) is 5.82 Å². The third kappa shape index (κ3) is 3.37. The monoisotopic (exact) mass is 384 g/mol. The van der Waals surface area contributed by atoms with Gasteiger partial charge < -0.3 is 10.1 Å². The molecular weight excluding hydrogens is 367 g/mol. The molecule has 0 amide bonds. The Balaban J connectivity index is 2.08. The molecule has 0 bridgehead atoms. The van der Waals surface area contributed by atoms with Crippen molar-refractivity contribution < 1.29 is 17.5 Å². The van der Waals surface area contributed by atoms with Crippen molar-refractivity contribution in [1.82, 2.24) is 9.62 Å². The van der Waals surface area contributed by atoms with Gasteiger partial charge in [-0.1, -0.05) is 35.9 Å². The first-order valence-electron chi connectivity index (χ1n) is 7.76. The molecule has 25 heavy (non-hydrogen) atoms. The van der Waals surface area contributed by atoms with E-state index in [4.69, 9.17) is 16.3 Å². The van der Waals surface area contributed by atoms with Crippen molar-refractivity contribution in [3.8, 4) is 5.75 Å². The first-order chi connectivity index (χ1) is 12.0. The van der Waals surface area contributed by atoms with E-state index in [0.29, 0.717) is 18.8 Å². The number of para-hydroxylation sites is 1. The fourth-order valence-corrected chi connectivity index (χ4v) is 4.91. The molecule has 0 aromatic heterocycles. The van der Waals surface area contributed by atoms with Crippen LogP contribution in [-0.4, -0.2) is 39.5 Å². The summed E-state index contributed by atoms with van der Waals surface area (Å²) in [6.07, 6.45) is 0. The van der Waals surface area contributed by atoms with Gasteiger partial charge in [-0.2, -0.15) is 4.31 Å². The van der Waals surface area contributed by atoms with E-state index < -0.39 is 26.8 Å². The van der Waals surface area contributed by atoms with E-state index in [2.05, 4.69) is 5.32 Å². The van der Waals surface area contributed by atoms with Crippen molar-refractivity contribution in [2.24, 2.45) is 0 Å². The quantitative estimate of drug-likeness (QED) is 0.880. The standard InChI is InChI=1S/C17H18ClFN2O3S/c1-24-15-7-3-2-5-12(15)14-11-20-9-10-21(14)25(22,23)16-8-4-6-13(18)17(16)19/h2-8,14,20H,9-11H2,1H3. The molecule has 1 heterocycles. The zero-order valence-corrected chi connectivity index (χ0v) is 15.1. The van der Waals surface area contributed by atoms with Crippen LogP contribution in [-0.2, 0) is 10.0 Å². The predicted octanol–water partition coefficient (Wildman–Crippen LogP) is 2.82. The van der Waals surface area contributed by atoms with E-state index in [1.165, 1.54) is 29.6 Å². The second kappa shape index (κ2) is 7.29. The summed E-state index contributed by atoms with van der Waals surface area (Å²) in [7, 11) is -2.53. The lowest BCUT2D eigenvalue weighted by molar-refractivity contribution is 0.264. The molecule has 1 fully saturated rings. The minimum Gasteiger partial charge on any atom is -0.496 e. The van der Waals surface area contributed by atoms with Gasteiger partial charge in [-0.25, -0.2) is 12.8 Å². The summed E-state index contributed by atoms with van der Waals surface area (Å²) >= 11 is 5.77. The number of nitrogens with zero attached hydrogens (tertiary/aromatic N) is 1. The topological polar surface area (TPSA) is 58.6 Å². The smallest absolute Gasteiger partial charge is 0.246 e. The fraction of sp³-hybridized carbons (Fsp3) is 0.294. The van der Waals surface area contributed by atoms with Crippen LogP contribution in [0.3, 0.4) is 0 Å². The fourth-order valence-electron chi connectivity index (χ4n) is 2.99. The van der Waals surface area contributed by atoms with Gasteiger partial charge in [0.05, 0.1) is 18.2 Å². The van der Waals surface area contributed by atoms with Crippen LogP contribution in [0.25, 0.3) is 0 Å². The van der Waals surface area contributed by atoms with Gasteiger partial charge in [-0.15, -0.1) is 0 Å². The average Bonchev–Trinajstić information content (AvgIpc) is 2.63. The second-order valence-electron chi connectivity index (χ2n) is 5.63. The molecule has 1 saturated heterocycles. The van der Waals surface area contributed by atoms with Crippen molar-refractivity contribution in [1.29, 1.82) is 0 Å². The van der Waals surface area contributed by atoms with E-state index in [-0.39, 0.29) is 11.6 Å². The summed E-state index contributed by atoms with van der Waals surface area (Å²) < 4.78 is 47.2. The Morgan fingerprint density at radius 1 is 1.24 bits per heavy atom. The lowest BCUT2D eigenvalue weighted by Crippen LogP contribution is -2.48. The number of sulfonamides is 1. The highest BCUT2D eigenvalue weighted by atomic mass is 35.5. The molecule has 5 nitrogen and oxygen atoms in total. The number of ether oxygens (including phenoxy) is 1. The highest BCUT2D eigenvalue weighted by Crippen LogP contribution is 2.35. The lowest BCUT2D eigenvalue weighted by atomic mass is 10.0. The lowest BCUT2D eigenvalue weighted by Gasteiger charge is -2.36. The van der Waals surface area contributed by atoms with Crippen LogP contribution in [0.5, 0.6) is 5.75 Å². The molecule has 134 valence electrons. The third-order valence-electron chi connectivity index (χ3n) is 4.20. The third-order valence-corrected chi connectivity index (χ3v) is 6.41. The van der Waals surface area contributed by atoms with Crippen LogP contribution in [0, 0.1) is 5.82 Å². The van der Waals surface area contributed by atoms with Crippen LogP contribution in [0.2, 0.25) is 5.02 Å². The first kappa shape index (κ1) is 18.1. The van der Waals surface area contributed by atoms with Crippen LogP contribution >= 0.6 is 11.6 Å². The number of hydrogen-bond acceptors (Lipinski definition) is 4. The molecule has 0 aliphatic carbocycles. The maximum Gasteiger partial charge on any atom is 0.246 e. The minimum absolute atomic E-state index is 0.218. The Hall–Kier alpha value is -1.67. The number of halogens is 2. The zero-order valence-electron chi connectivity index (χ0n) is 13.6. The number of hydrogen-bond donors (Lipinski definition) is 1. The van der Waals surface area contributed by atoms with Crippen molar-refractivity contribution in [2.75, 3.05) is 26.7 Å². The van der Waals surface area contributed by atoms with Crippen molar-refractivity contribution in [2.45, 2.75) is 10.9 Å². The number of methoxy groups -OCH3 is 1. The molecule has 2 aromatic carbocycles. The summed E-state index contributed by atoms with van der Waals surface area (Å²) in [6.45, 7) is 1.10. The van der Waals surface area contributed by atoms with Gasteiger partial charge in [-0.05, 0) is 18.2 Å². The van der Waals surface area contributed by atoms with Crippen molar-refractivity contribution >= 4 is 21.6 Å². The average molecular weight is 385 g/mol. The number of rotatable bonds is 4. The normalized spacial score (nSPS) is 18.9. The molecule has 1 N–H and O–H groups in total. The van der Waals surface area contributed by atoms with E-state index in [1.807, 2.05) is 18.2 Å². The Kier molecular flexibility index (Phi) is 5.29. The Morgan fingerprint density at radius 2 is 2.00 bits per heavy atom. The second-order valence-corrected chi connectivity index (χ2v) is 7.90. The van der Waals surface area contributed by atoms with E-state index in [1.54, 1.807) is 6.07 Å². The SMILES string of the molecule is COc1ccccc1C1CNCCN1S(=O)(=O)c1cccc(Cl)c1F. The Morgan fingerprint density at radius 3 is 2.76 bits per heavy atom. The van der Waals surface area contributed by atoms with Gasteiger partial charge >= 0.3 is 0 Å². The maximum atomic E-state index is 14.3. The molecular formula is C17H18ClFN2O3S. The molecule has 1 unspecified atom stereocenters. The molecule has 3 rings (SSSR count). The van der Waals surface area contributed by atoms with E-state index in [0.717, 1.165) is 5.56 Å². The Bertz CT molecular complexity index is 876. The largest absolute Gasteiger partial charge is 0.496 e. The molecule has 2 aromatic rings. The highest BCUT2D eigenvalue weighted by Gasteiger charge is 2.37. The predicted molar refractivity (Wildman–Crippen MR) is 93.9 cm³/mol. The first-order valence-corrected chi connectivity index (χ1v) is 9.58. The summed E-state index contributed by atoms with van der Waals surface area (Å²) in [4.78, 5) is -0.415. The van der Waals surface area contributed by atoms with E-state index in [9.17, 15) is 12.8 Å². The van der Waals surface area contributed by atoms with Crippen LogP contribution in [0.1, 0.15) is 11.6 Å². The molecule has 0 saturated carbocycles. The highest BCUT2D eigenvalue weighted by molar-refractivity contribution is 7.89. The maximum absolute atomic E-state index is 14.3. The van der Waals surface area contributed by atoms with E-state index >= 15 is 0 Å². The van der Waals surface area contributed by atoms with Crippen LogP contribution < -0.4 is 10.1 Å². The minimum atomic E-state index is -4.06. The van der Waals surface area contributed by atoms with Crippen molar-refractivity contribution in [3.63, 3.8) is 0 Å².